The zero-order valence-electron chi connectivity index (χ0n) is 10.4. The van der Waals surface area contributed by atoms with Crippen molar-refractivity contribution in [3.05, 3.63) is 56.9 Å². The molecule has 1 aromatic carbocycles. The lowest BCUT2D eigenvalue weighted by Gasteiger charge is -2.20. The normalized spacial score (nSPS) is 10.5. The largest absolute Gasteiger partial charge is 0.467 e. The average Bonchev–Trinajstić information content (AvgIpc) is 2.91. The van der Waals surface area contributed by atoms with Crippen molar-refractivity contribution in [3.63, 3.8) is 0 Å². The molecule has 0 radical (unpaired) electrons. The molecule has 0 aliphatic rings. The number of hydrogen-bond acceptors (Lipinski definition) is 2. The van der Waals surface area contributed by atoms with Crippen LogP contribution in [-0.4, -0.2) is 17.4 Å². The quantitative estimate of drug-likeness (QED) is 0.776. The van der Waals surface area contributed by atoms with Crippen molar-refractivity contribution in [2.24, 2.45) is 0 Å². The SMILES string of the molecule is CCN(Cc1ccco1)C(=O)c1cc(Br)ccc1Br. The predicted octanol–water partition coefficient (Wildman–Crippen LogP) is 4.47. The first-order valence-corrected chi connectivity index (χ1v) is 7.47. The maximum absolute atomic E-state index is 12.5. The van der Waals surface area contributed by atoms with Crippen LogP contribution in [0, 0.1) is 0 Å². The highest BCUT2D eigenvalue weighted by atomic mass is 79.9. The van der Waals surface area contributed by atoms with Gasteiger partial charge < -0.3 is 9.32 Å². The third-order valence-electron chi connectivity index (χ3n) is 2.75. The van der Waals surface area contributed by atoms with Crippen molar-refractivity contribution >= 4 is 37.8 Å². The molecule has 2 aromatic rings. The first kappa shape index (κ1) is 14.3. The van der Waals surface area contributed by atoms with Gasteiger partial charge in [0.25, 0.3) is 5.91 Å². The van der Waals surface area contributed by atoms with Gasteiger partial charge in [-0.3, -0.25) is 4.79 Å². The van der Waals surface area contributed by atoms with Crippen molar-refractivity contribution in [1.29, 1.82) is 0 Å². The Morgan fingerprint density at radius 3 is 2.74 bits per heavy atom. The number of rotatable bonds is 4. The molecule has 0 aliphatic heterocycles. The maximum atomic E-state index is 12.5. The lowest BCUT2D eigenvalue weighted by atomic mass is 10.2. The van der Waals surface area contributed by atoms with Crippen LogP contribution in [0.2, 0.25) is 0 Å². The Hall–Kier alpha value is -1.07. The summed E-state index contributed by atoms with van der Waals surface area (Å²) in [6.45, 7) is 3.05. The van der Waals surface area contributed by atoms with E-state index in [-0.39, 0.29) is 5.91 Å². The van der Waals surface area contributed by atoms with Crippen LogP contribution in [0.3, 0.4) is 0 Å². The van der Waals surface area contributed by atoms with Crippen LogP contribution in [-0.2, 0) is 6.54 Å². The minimum Gasteiger partial charge on any atom is -0.467 e. The molecule has 1 amide bonds. The molecule has 0 aliphatic carbocycles. The van der Waals surface area contributed by atoms with Crippen LogP contribution in [0.1, 0.15) is 23.0 Å². The van der Waals surface area contributed by atoms with Crippen molar-refractivity contribution in [2.45, 2.75) is 13.5 Å². The van der Waals surface area contributed by atoms with E-state index in [0.29, 0.717) is 18.7 Å². The predicted molar refractivity (Wildman–Crippen MR) is 81.0 cm³/mol. The summed E-state index contributed by atoms with van der Waals surface area (Å²) in [7, 11) is 0. The summed E-state index contributed by atoms with van der Waals surface area (Å²) >= 11 is 6.80. The first-order chi connectivity index (χ1) is 9.11. The number of amides is 1. The molecule has 0 fully saturated rings. The summed E-state index contributed by atoms with van der Waals surface area (Å²) in [4.78, 5) is 14.3. The number of nitrogens with zero attached hydrogens (tertiary/aromatic N) is 1. The monoisotopic (exact) mass is 385 g/mol. The molecule has 0 bridgehead atoms. The van der Waals surface area contributed by atoms with Crippen LogP contribution in [0.15, 0.2) is 50.0 Å². The fourth-order valence-corrected chi connectivity index (χ4v) is 2.53. The second kappa shape index (κ2) is 6.39. The Balaban J connectivity index is 2.23. The van der Waals surface area contributed by atoms with E-state index in [9.17, 15) is 4.79 Å². The van der Waals surface area contributed by atoms with Gasteiger partial charge in [0, 0.05) is 15.5 Å². The maximum Gasteiger partial charge on any atom is 0.255 e. The summed E-state index contributed by atoms with van der Waals surface area (Å²) < 4.78 is 6.96. The first-order valence-electron chi connectivity index (χ1n) is 5.88. The smallest absolute Gasteiger partial charge is 0.255 e. The number of halogens is 2. The van der Waals surface area contributed by atoms with E-state index < -0.39 is 0 Å². The second-order valence-electron chi connectivity index (χ2n) is 4.02. The van der Waals surface area contributed by atoms with Crippen molar-refractivity contribution < 1.29 is 9.21 Å². The summed E-state index contributed by atoms with van der Waals surface area (Å²) in [6.07, 6.45) is 1.61. The highest BCUT2D eigenvalue weighted by molar-refractivity contribution is 9.11. The molecule has 19 heavy (non-hydrogen) atoms. The molecular formula is C14H13Br2NO2. The molecule has 0 saturated carbocycles. The summed E-state index contributed by atoms with van der Waals surface area (Å²) in [5, 5.41) is 0. The van der Waals surface area contributed by atoms with Crippen LogP contribution in [0.25, 0.3) is 0 Å². The molecule has 1 aromatic heterocycles. The van der Waals surface area contributed by atoms with Crippen LogP contribution in [0.5, 0.6) is 0 Å². The molecule has 100 valence electrons. The number of carbonyl (C=O) groups is 1. The molecule has 1 heterocycles. The van der Waals surface area contributed by atoms with Crippen molar-refractivity contribution in [1.82, 2.24) is 4.90 Å². The second-order valence-corrected chi connectivity index (χ2v) is 5.79. The van der Waals surface area contributed by atoms with Gasteiger partial charge in [0.2, 0.25) is 0 Å². The molecule has 2 rings (SSSR count). The molecular weight excluding hydrogens is 374 g/mol. The number of hydrogen-bond donors (Lipinski definition) is 0. The van der Waals surface area contributed by atoms with E-state index in [1.54, 1.807) is 11.2 Å². The van der Waals surface area contributed by atoms with Gasteiger partial charge in [-0.1, -0.05) is 15.9 Å². The highest BCUT2D eigenvalue weighted by Gasteiger charge is 2.18. The van der Waals surface area contributed by atoms with Crippen molar-refractivity contribution in [2.75, 3.05) is 6.54 Å². The zero-order valence-corrected chi connectivity index (χ0v) is 13.6. The molecule has 0 unspecified atom stereocenters. The van der Waals surface area contributed by atoms with Gasteiger partial charge >= 0.3 is 0 Å². The van der Waals surface area contributed by atoms with Gasteiger partial charge in [-0.05, 0) is 53.2 Å². The topological polar surface area (TPSA) is 33.5 Å². The fraction of sp³-hybridized carbons (Fsp3) is 0.214. The fourth-order valence-electron chi connectivity index (χ4n) is 1.75. The molecule has 3 nitrogen and oxygen atoms in total. The average molecular weight is 387 g/mol. The number of benzene rings is 1. The Bertz CT molecular complexity index is 567. The molecule has 0 N–H and O–H groups in total. The lowest BCUT2D eigenvalue weighted by molar-refractivity contribution is 0.0740. The van der Waals surface area contributed by atoms with E-state index in [1.165, 1.54) is 0 Å². The highest BCUT2D eigenvalue weighted by Crippen LogP contribution is 2.23. The van der Waals surface area contributed by atoms with Crippen LogP contribution < -0.4 is 0 Å². The van der Waals surface area contributed by atoms with Crippen LogP contribution in [0.4, 0.5) is 0 Å². The van der Waals surface area contributed by atoms with Crippen LogP contribution >= 0.6 is 31.9 Å². The van der Waals surface area contributed by atoms with E-state index in [2.05, 4.69) is 31.9 Å². The Labute approximate surface area is 128 Å². The summed E-state index contributed by atoms with van der Waals surface area (Å²) in [5.74, 6) is 0.758. The van der Waals surface area contributed by atoms with Gasteiger partial charge in [-0.15, -0.1) is 0 Å². The van der Waals surface area contributed by atoms with Gasteiger partial charge in [0.1, 0.15) is 5.76 Å². The molecule has 5 heteroatoms. The van der Waals surface area contributed by atoms with Gasteiger partial charge in [-0.25, -0.2) is 0 Å². The third-order valence-corrected chi connectivity index (χ3v) is 3.94. The van der Waals surface area contributed by atoms with E-state index in [0.717, 1.165) is 14.7 Å². The lowest BCUT2D eigenvalue weighted by Crippen LogP contribution is -2.30. The minimum atomic E-state index is -0.0212. The van der Waals surface area contributed by atoms with E-state index >= 15 is 0 Å². The Morgan fingerprint density at radius 2 is 2.11 bits per heavy atom. The minimum absolute atomic E-state index is 0.0212. The standard InChI is InChI=1S/C14H13Br2NO2/c1-2-17(9-11-4-3-7-19-11)14(18)12-8-10(15)5-6-13(12)16/h3-8H,2,9H2,1H3. The Morgan fingerprint density at radius 1 is 1.32 bits per heavy atom. The van der Waals surface area contributed by atoms with Crippen molar-refractivity contribution in [3.8, 4) is 0 Å². The van der Waals surface area contributed by atoms with E-state index in [1.807, 2.05) is 37.3 Å². The van der Waals surface area contributed by atoms with E-state index in [4.69, 9.17) is 4.42 Å². The van der Waals surface area contributed by atoms with Gasteiger partial charge in [0.15, 0.2) is 0 Å². The Kier molecular flexibility index (Phi) is 4.82. The zero-order chi connectivity index (χ0) is 13.8. The summed E-state index contributed by atoms with van der Waals surface area (Å²) in [6, 6.07) is 9.26. The summed E-state index contributed by atoms with van der Waals surface area (Å²) in [5.41, 5.74) is 0.641. The molecule has 0 atom stereocenters. The molecule has 0 saturated heterocycles. The van der Waals surface area contributed by atoms with Gasteiger partial charge in [-0.2, -0.15) is 0 Å². The third kappa shape index (κ3) is 3.48. The number of furan rings is 1. The van der Waals surface area contributed by atoms with Gasteiger partial charge in [0.05, 0.1) is 18.4 Å². The molecule has 0 spiro atoms. The number of carbonyl (C=O) groups excluding carboxylic acids is 1.